The largest absolute Gasteiger partial charge is 1.00 e. The number of nitrogen functional groups attached to an aromatic ring is 1. The molecule has 0 atom stereocenters. The standard InChI is InChI=1S/C24H20ClN3O.BrH/c1-27-22(19-11-13-21(25)14-12-19)15-28(24(27)26)16-23(29)20-9-7-18(8-10-20)17-5-3-2-4-6-17;/h2-15,26H,16H2,1H3;1H. The summed E-state index contributed by atoms with van der Waals surface area (Å²) in [5.41, 5.74) is 11.0. The first-order valence-electron chi connectivity index (χ1n) is 9.32. The van der Waals surface area contributed by atoms with Crippen molar-refractivity contribution < 1.29 is 26.3 Å². The summed E-state index contributed by atoms with van der Waals surface area (Å²) in [6.45, 7) is 0.179. The number of Topliss-reactive ketones (excluding diaryl/α,β-unsaturated/α-hetero) is 1. The summed E-state index contributed by atoms with van der Waals surface area (Å²) in [7, 11) is 1.88. The molecule has 152 valence electrons. The summed E-state index contributed by atoms with van der Waals surface area (Å²) >= 11 is 5.98. The molecule has 3 aromatic carbocycles. The Hall–Kier alpha value is -2.89. The van der Waals surface area contributed by atoms with Gasteiger partial charge in [-0.3, -0.25) is 10.5 Å². The molecule has 4 rings (SSSR count). The van der Waals surface area contributed by atoms with E-state index in [-0.39, 0.29) is 29.3 Å². The van der Waals surface area contributed by atoms with Crippen LogP contribution in [0.25, 0.3) is 22.4 Å². The van der Waals surface area contributed by atoms with Crippen LogP contribution in [-0.2, 0) is 13.6 Å². The third kappa shape index (κ3) is 4.48. The summed E-state index contributed by atoms with van der Waals surface area (Å²) in [5, 5.41) is 0.679. The van der Waals surface area contributed by atoms with Crippen LogP contribution in [0.2, 0.25) is 5.02 Å². The zero-order valence-corrected chi connectivity index (χ0v) is 18.8. The van der Waals surface area contributed by atoms with Crippen LogP contribution in [-0.4, -0.2) is 10.4 Å². The lowest BCUT2D eigenvalue weighted by Crippen LogP contribution is -3.00. The number of halogens is 2. The number of rotatable bonds is 5. The van der Waals surface area contributed by atoms with Gasteiger partial charge in [-0.25, -0.2) is 9.13 Å². The number of hydrogen-bond acceptors (Lipinski definition) is 2. The summed E-state index contributed by atoms with van der Waals surface area (Å²) < 4.78 is 3.65. The lowest BCUT2D eigenvalue weighted by molar-refractivity contribution is -0.667. The van der Waals surface area contributed by atoms with Gasteiger partial charge in [0.15, 0.2) is 5.78 Å². The number of carbonyl (C=O) groups excluding carboxylic acids is 1. The Morgan fingerprint density at radius 2 is 1.47 bits per heavy atom. The van der Waals surface area contributed by atoms with E-state index in [0.29, 0.717) is 16.5 Å². The molecule has 6 heteroatoms. The topological polar surface area (TPSA) is 51.9 Å². The Bertz CT molecular complexity index is 1150. The van der Waals surface area contributed by atoms with Crippen molar-refractivity contribution in [1.82, 2.24) is 4.57 Å². The number of nitrogens with zero attached hydrogens (tertiary/aromatic N) is 2. The molecule has 0 aliphatic heterocycles. The normalized spacial score (nSPS) is 10.5. The van der Waals surface area contributed by atoms with Crippen molar-refractivity contribution in [3.63, 3.8) is 0 Å². The monoisotopic (exact) mass is 481 g/mol. The molecule has 2 N–H and O–H groups in total. The highest BCUT2D eigenvalue weighted by Gasteiger charge is 2.20. The van der Waals surface area contributed by atoms with E-state index in [1.165, 1.54) is 0 Å². The number of hydrogen-bond donors (Lipinski definition) is 1. The van der Waals surface area contributed by atoms with Gasteiger partial charge in [0, 0.05) is 16.1 Å². The average molecular weight is 483 g/mol. The number of benzene rings is 3. The second-order valence-corrected chi connectivity index (χ2v) is 7.37. The first-order chi connectivity index (χ1) is 14.0. The van der Waals surface area contributed by atoms with Crippen molar-refractivity contribution in [1.29, 1.82) is 0 Å². The molecule has 0 spiro atoms. The molecule has 0 bridgehead atoms. The van der Waals surface area contributed by atoms with Crippen LogP contribution >= 0.6 is 11.6 Å². The molecule has 0 aliphatic carbocycles. The van der Waals surface area contributed by atoms with E-state index in [1.807, 2.05) is 84.5 Å². The van der Waals surface area contributed by atoms with E-state index in [4.69, 9.17) is 17.3 Å². The minimum Gasteiger partial charge on any atom is -1.00 e. The van der Waals surface area contributed by atoms with Gasteiger partial charge in [-0.2, -0.15) is 0 Å². The molecule has 4 aromatic rings. The van der Waals surface area contributed by atoms with Gasteiger partial charge in [0.05, 0.1) is 7.05 Å². The van der Waals surface area contributed by atoms with E-state index in [9.17, 15) is 4.79 Å². The van der Waals surface area contributed by atoms with E-state index in [1.54, 1.807) is 4.57 Å². The van der Waals surface area contributed by atoms with Gasteiger partial charge in [-0.15, -0.1) is 0 Å². The molecular formula is C24H21BrClN3O. The zero-order valence-electron chi connectivity index (χ0n) is 16.4. The van der Waals surface area contributed by atoms with Crippen molar-refractivity contribution in [2.45, 2.75) is 6.54 Å². The average Bonchev–Trinajstić information content (AvgIpc) is 3.03. The van der Waals surface area contributed by atoms with Gasteiger partial charge in [-0.05, 0) is 35.4 Å². The molecule has 0 aliphatic rings. The third-order valence-corrected chi connectivity index (χ3v) is 5.30. The molecule has 0 amide bonds. The smallest absolute Gasteiger partial charge is 0.355 e. The van der Waals surface area contributed by atoms with Crippen LogP contribution < -0.4 is 27.3 Å². The molecule has 4 nitrogen and oxygen atoms in total. The number of nitrogens with two attached hydrogens (primary N) is 1. The number of anilines is 1. The van der Waals surface area contributed by atoms with Gasteiger partial charge in [0.25, 0.3) is 0 Å². The highest BCUT2D eigenvalue weighted by molar-refractivity contribution is 6.30. The Labute approximate surface area is 191 Å². The maximum Gasteiger partial charge on any atom is 0.355 e. The highest BCUT2D eigenvalue weighted by atomic mass is 79.9. The molecule has 0 saturated carbocycles. The molecule has 0 radical (unpaired) electrons. The van der Waals surface area contributed by atoms with Crippen LogP contribution in [0.15, 0.2) is 85.1 Å². The van der Waals surface area contributed by atoms with Crippen molar-refractivity contribution in [2.24, 2.45) is 7.05 Å². The van der Waals surface area contributed by atoms with Gasteiger partial charge in [0.1, 0.15) is 18.4 Å². The van der Waals surface area contributed by atoms with Gasteiger partial charge < -0.3 is 17.0 Å². The summed E-state index contributed by atoms with van der Waals surface area (Å²) in [6, 6.07) is 25.3. The van der Waals surface area contributed by atoms with Crippen LogP contribution in [0.5, 0.6) is 0 Å². The number of imidazole rings is 1. The fourth-order valence-corrected chi connectivity index (χ4v) is 3.48. The number of ketones is 1. The predicted molar refractivity (Wildman–Crippen MR) is 117 cm³/mol. The fourth-order valence-electron chi connectivity index (χ4n) is 3.36. The van der Waals surface area contributed by atoms with Crippen molar-refractivity contribution in [3.05, 3.63) is 95.6 Å². The van der Waals surface area contributed by atoms with Crippen molar-refractivity contribution >= 4 is 23.3 Å². The minimum absolute atomic E-state index is 0. The molecule has 0 saturated heterocycles. The highest BCUT2D eigenvalue weighted by Crippen LogP contribution is 2.22. The number of aromatic nitrogens is 2. The number of carbonyl (C=O) groups is 1. The second kappa shape index (κ2) is 9.28. The first kappa shape index (κ1) is 21.8. The van der Waals surface area contributed by atoms with Gasteiger partial charge in [-0.1, -0.05) is 66.2 Å². The molecule has 1 heterocycles. The van der Waals surface area contributed by atoms with Crippen molar-refractivity contribution in [2.75, 3.05) is 5.73 Å². The predicted octanol–water partition coefficient (Wildman–Crippen LogP) is 1.77. The molecular weight excluding hydrogens is 462 g/mol. The van der Waals surface area contributed by atoms with Gasteiger partial charge in [0.2, 0.25) is 0 Å². The zero-order chi connectivity index (χ0) is 20.4. The van der Waals surface area contributed by atoms with Crippen LogP contribution in [0.4, 0.5) is 5.95 Å². The summed E-state index contributed by atoms with van der Waals surface area (Å²) in [5.74, 6) is 0.527. The maximum absolute atomic E-state index is 12.8. The van der Waals surface area contributed by atoms with Crippen LogP contribution in [0.1, 0.15) is 10.4 Å². The SMILES string of the molecule is Cn1c(-c2ccc(Cl)cc2)c[n+](CC(=O)c2ccc(-c3ccccc3)cc2)c1N.[Br-]. The Morgan fingerprint density at radius 3 is 2.10 bits per heavy atom. The molecule has 30 heavy (non-hydrogen) atoms. The van der Waals surface area contributed by atoms with Crippen LogP contribution in [0, 0.1) is 0 Å². The third-order valence-electron chi connectivity index (χ3n) is 5.05. The lowest BCUT2D eigenvalue weighted by atomic mass is 10.0. The van der Waals surface area contributed by atoms with E-state index in [2.05, 4.69) is 12.1 Å². The molecule has 1 aromatic heterocycles. The Kier molecular flexibility index (Phi) is 6.75. The Morgan fingerprint density at radius 1 is 0.900 bits per heavy atom. The van der Waals surface area contributed by atoms with E-state index in [0.717, 1.165) is 22.4 Å². The fraction of sp³-hybridized carbons (Fsp3) is 0.0833. The molecule has 0 unspecified atom stereocenters. The maximum atomic E-state index is 12.8. The first-order valence-corrected chi connectivity index (χ1v) is 9.70. The Balaban J connectivity index is 0.00000256. The van der Waals surface area contributed by atoms with E-state index >= 15 is 0 Å². The second-order valence-electron chi connectivity index (χ2n) is 6.93. The lowest BCUT2D eigenvalue weighted by Gasteiger charge is -2.04. The summed E-state index contributed by atoms with van der Waals surface area (Å²) in [6.07, 6.45) is 1.90. The van der Waals surface area contributed by atoms with Gasteiger partial charge >= 0.3 is 5.95 Å². The van der Waals surface area contributed by atoms with Crippen molar-refractivity contribution in [3.8, 4) is 22.4 Å². The van der Waals surface area contributed by atoms with Crippen LogP contribution in [0.3, 0.4) is 0 Å². The molecule has 0 fully saturated rings. The minimum atomic E-state index is 0. The summed E-state index contributed by atoms with van der Waals surface area (Å²) in [4.78, 5) is 12.8. The van der Waals surface area contributed by atoms with E-state index < -0.39 is 0 Å². The quantitative estimate of drug-likeness (QED) is 0.348.